The minimum absolute atomic E-state index is 0.0318. The summed E-state index contributed by atoms with van der Waals surface area (Å²) in [5.74, 6) is 0. The molecule has 0 aliphatic rings. The molecule has 0 aliphatic carbocycles. The Balaban J connectivity index is 3.02. The molecule has 0 aromatic carbocycles. The Kier molecular flexibility index (Phi) is 2.27. The summed E-state index contributed by atoms with van der Waals surface area (Å²) >= 11 is 2.10. The summed E-state index contributed by atoms with van der Waals surface area (Å²) in [6.07, 6.45) is 2.30. The molecule has 1 aromatic rings. The van der Waals surface area contributed by atoms with Crippen molar-refractivity contribution in [3.8, 4) is 0 Å². The number of hydrogen-bond acceptors (Lipinski definition) is 2. The highest BCUT2D eigenvalue weighted by atomic mass is 79.9. The second kappa shape index (κ2) is 2.81. The topological polar surface area (TPSA) is 33.4 Å². The zero-order valence-electron chi connectivity index (χ0n) is 6.22. The van der Waals surface area contributed by atoms with E-state index < -0.39 is 10.4 Å². The Hall–Kier alpha value is -0.420. The van der Waals surface area contributed by atoms with E-state index in [2.05, 4.69) is 20.3 Å². The standard InChI is InChI=1S/C7H7BrF2O2/c1-6(11,7(8,9)10)5-2-3-12-4-5/h2-4,11H,1H3. The van der Waals surface area contributed by atoms with Crippen LogP contribution in [0.4, 0.5) is 8.78 Å². The molecule has 0 saturated heterocycles. The van der Waals surface area contributed by atoms with Gasteiger partial charge in [-0.15, -0.1) is 0 Å². The molecule has 5 heteroatoms. The summed E-state index contributed by atoms with van der Waals surface area (Å²) in [7, 11) is 0. The molecule has 0 saturated carbocycles. The van der Waals surface area contributed by atoms with E-state index in [1.807, 2.05) is 0 Å². The molecule has 1 N–H and O–H groups in total. The summed E-state index contributed by atoms with van der Waals surface area (Å²) in [5, 5.41) is 9.35. The Bertz CT molecular complexity index is 251. The second-order valence-electron chi connectivity index (χ2n) is 2.58. The van der Waals surface area contributed by atoms with Crippen molar-refractivity contribution >= 4 is 15.9 Å². The van der Waals surface area contributed by atoms with Gasteiger partial charge in [-0.3, -0.25) is 0 Å². The molecule has 0 radical (unpaired) electrons. The van der Waals surface area contributed by atoms with Gasteiger partial charge in [0.15, 0.2) is 5.60 Å². The third-order valence-electron chi connectivity index (χ3n) is 1.64. The number of hydrogen-bond donors (Lipinski definition) is 1. The third kappa shape index (κ3) is 1.51. The van der Waals surface area contributed by atoms with Gasteiger partial charge < -0.3 is 9.52 Å². The van der Waals surface area contributed by atoms with Crippen LogP contribution in [-0.2, 0) is 5.60 Å². The smallest absolute Gasteiger partial charge is 0.333 e. The van der Waals surface area contributed by atoms with Gasteiger partial charge in [0, 0.05) is 5.56 Å². The molecule has 2 nitrogen and oxygen atoms in total. The van der Waals surface area contributed by atoms with Crippen LogP contribution >= 0.6 is 15.9 Å². The van der Waals surface area contributed by atoms with Gasteiger partial charge in [0.25, 0.3) is 0 Å². The minimum atomic E-state index is -3.37. The zero-order valence-corrected chi connectivity index (χ0v) is 7.81. The van der Waals surface area contributed by atoms with Crippen LogP contribution in [-0.4, -0.2) is 9.94 Å². The lowest BCUT2D eigenvalue weighted by Crippen LogP contribution is -2.37. The van der Waals surface area contributed by atoms with Gasteiger partial charge in [0.1, 0.15) is 0 Å². The summed E-state index contributed by atoms with van der Waals surface area (Å²) in [5.41, 5.74) is -2.22. The van der Waals surface area contributed by atoms with Crippen LogP contribution in [0.25, 0.3) is 0 Å². The first-order valence-corrected chi connectivity index (χ1v) is 3.97. The fraction of sp³-hybridized carbons (Fsp3) is 0.429. The maximum atomic E-state index is 12.7. The van der Waals surface area contributed by atoms with Gasteiger partial charge >= 0.3 is 4.83 Å². The first kappa shape index (κ1) is 9.67. The average Bonchev–Trinajstić information content (AvgIpc) is 2.34. The van der Waals surface area contributed by atoms with Gasteiger partial charge in [-0.2, -0.15) is 8.78 Å². The van der Waals surface area contributed by atoms with Gasteiger partial charge in [0.2, 0.25) is 0 Å². The van der Waals surface area contributed by atoms with Crippen LogP contribution in [0.3, 0.4) is 0 Å². The molecule has 68 valence electrons. The van der Waals surface area contributed by atoms with Gasteiger partial charge in [-0.1, -0.05) is 0 Å². The maximum Gasteiger partial charge on any atom is 0.333 e. The van der Waals surface area contributed by atoms with Crippen molar-refractivity contribution in [1.29, 1.82) is 0 Å². The van der Waals surface area contributed by atoms with E-state index in [-0.39, 0.29) is 5.56 Å². The monoisotopic (exact) mass is 240 g/mol. The predicted molar refractivity (Wildman–Crippen MR) is 42.2 cm³/mol. The number of alkyl halides is 3. The van der Waals surface area contributed by atoms with Crippen LogP contribution in [0.15, 0.2) is 23.0 Å². The van der Waals surface area contributed by atoms with Crippen molar-refractivity contribution in [2.45, 2.75) is 17.4 Å². The molecule has 12 heavy (non-hydrogen) atoms. The fourth-order valence-corrected chi connectivity index (χ4v) is 0.934. The lowest BCUT2D eigenvalue weighted by atomic mass is 10.0. The molecule has 1 unspecified atom stereocenters. The highest BCUT2D eigenvalue weighted by Crippen LogP contribution is 2.41. The van der Waals surface area contributed by atoms with Crippen molar-refractivity contribution in [2.24, 2.45) is 0 Å². The molecule has 0 aliphatic heterocycles. The highest BCUT2D eigenvalue weighted by molar-refractivity contribution is 9.10. The van der Waals surface area contributed by atoms with E-state index in [9.17, 15) is 13.9 Å². The van der Waals surface area contributed by atoms with Gasteiger partial charge in [0.05, 0.1) is 12.5 Å². The molecular weight excluding hydrogens is 234 g/mol. The Labute approximate surface area is 76.3 Å². The first-order valence-electron chi connectivity index (χ1n) is 3.17. The van der Waals surface area contributed by atoms with Crippen LogP contribution < -0.4 is 0 Å². The molecule has 1 heterocycles. The Morgan fingerprint density at radius 2 is 2.17 bits per heavy atom. The third-order valence-corrected chi connectivity index (χ3v) is 2.41. The molecule has 0 bridgehead atoms. The molecule has 1 atom stereocenters. The predicted octanol–water partition coefficient (Wildman–Crippen LogP) is 2.47. The number of furan rings is 1. The van der Waals surface area contributed by atoms with Crippen LogP contribution in [0, 0.1) is 0 Å². The van der Waals surface area contributed by atoms with E-state index in [1.54, 1.807) is 0 Å². The van der Waals surface area contributed by atoms with Crippen molar-refractivity contribution < 1.29 is 18.3 Å². The van der Waals surface area contributed by atoms with E-state index in [1.165, 1.54) is 12.3 Å². The molecule has 1 aromatic heterocycles. The number of aliphatic hydroxyl groups is 1. The normalized spacial score (nSPS) is 17.4. The molecule has 0 amide bonds. The van der Waals surface area contributed by atoms with Crippen molar-refractivity contribution in [1.82, 2.24) is 0 Å². The van der Waals surface area contributed by atoms with Crippen molar-refractivity contribution in [3.05, 3.63) is 24.2 Å². The average molecular weight is 241 g/mol. The lowest BCUT2D eigenvalue weighted by molar-refractivity contribution is -0.109. The van der Waals surface area contributed by atoms with E-state index in [0.717, 1.165) is 13.2 Å². The minimum Gasteiger partial charge on any atom is -0.472 e. The quantitative estimate of drug-likeness (QED) is 0.807. The highest BCUT2D eigenvalue weighted by Gasteiger charge is 2.48. The van der Waals surface area contributed by atoms with Crippen LogP contribution in [0.5, 0.6) is 0 Å². The number of halogens is 3. The van der Waals surface area contributed by atoms with Crippen LogP contribution in [0.2, 0.25) is 0 Å². The first-order chi connectivity index (χ1) is 5.36. The summed E-state index contributed by atoms with van der Waals surface area (Å²) in [6.45, 7) is 1.01. The van der Waals surface area contributed by atoms with E-state index >= 15 is 0 Å². The summed E-state index contributed by atoms with van der Waals surface area (Å²) in [6, 6.07) is 1.29. The SMILES string of the molecule is CC(O)(c1ccoc1)C(F)(F)Br. The molecular formula is C7H7BrF2O2. The fourth-order valence-electron chi connectivity index (χ4n) is 0.705. The van der Waals surface area contributed by atoms with Crippen molar-refractivity contribution in [2.75, 3.05) is 0 Å². The van der Waals surface area contributed by atoms with Gasteiger partial charge in [-0.05, 0) is 28.9 Å². The summed E-state index contributed by atoms with van der Waals surface area (Å²) in [4.78, 5) is -3.37. The second-order valence-corrected chi connectivity index (χ2v) is 3.58. The van der Waals surface area contributed by atoms with Gasteiger partial charge in [-0.25, -0.2) is 0 Å². The largest absolute Gasteiger partial charge is 0.472 e. The molecule has 1 rings (SSSR count). The molecule has 0 fully saturated rings. The lowest BCUT2D eigenvalue weighted by Gasteiger charge is -2.26. The maximum absolute atomic E-state index is 12.7. The Morgan fingerprint density at radius 1 is 1.58 bits per heavy atom. The van der Waals surface area contributed by atoms with Crippen LogP contribution in [0.1, 0.15) is 12.5 Å². The zero-order chi connectivity index (χ0) is 9.41. The Morgan fingerprint density at radius 3 is 2.50 bits per heavy atom. The van der Waals surface area contributed by atoms with Crippen molar-refractivity contribution in [3.63, 3.8) is 0 Å². The molecule has 0 spiro atoms. The van der Waals surface area contributed by atoms with E-state index in [4.69, 9.17) is 0 Å². The van der Waals surface area contributed by atoms with E-state index in [0.29, 0.717) is 0 Å². The number of rotatable bonds is 2. The summed E-state index contributed by atoms with van der Waals surface area (Å²) < 4.78 is 30.0.